The number of carbonyl (C=O) groups excluding carboxylic acids is 1. The van der Waals surface area contributed by atoms with Gasteiger partial charge in [0.1, 0.15) is 5.60 Å². The van der Waals surface area contributed by atoms with Crippen molar-refractivity contribution in [1.29, 1.82) is 0 Å². The average molecular weight is 205 g/mol. The Morgan fingerprint density at radius 2 is 2.00 bits per heavy atom. The zero-order chi connectivity index (χ0) is 10.7. The Morgan fingerprint density at radius 1 is 1.33 bits per heavy atom. The van der Waals surface area contributed by atoms with Gasteiger partial charge in [0.15, 0.2) is 0 Å². The Bertz CT molecular complexity index is 344. The summed E-state index contributed by atoms with van der Waals surface area (Å²) in [5.41, 5.74) is 5.95. The first kappa shape index (κ1) is 10.0. The zero-order valence-corrected chi connectivity index (χ0v) is 8.61. The van der Waals surface area contributed by atoms with Crippen LogP contribution in [0.25, 0.3) is 0 Å². The van der Waals surface area contributed by atoms with E-state index >= 15 is 0 Å². The molecule has 3 nitrogen and oxygen atoms in total. The van der Waals surface area contributed by atoms with Gasteiger partial charge in [0, 0.05) is 6.42 Å². The Hall–Kier alpha value is -1.51. The Morgan fingerprint density at radius 3 is 2.47 bits per heavy atom. The zero-order valence-electron chi connectivity index (χ0n) is 8.61. The van der Waals surface area contributed by atoms with E-state index in [2.05, 4.69) is 0 Å². The van der Waals surface area contributed by atoms with Gasteiger partial charge in [-0.05, 0) is 24.8 Å². The van der Waals surface area contributed by atoms with E-state index in [-0.39, 0.29) is 5.60 Å². The first-order valence-electron chi connectivity index (χ1n) is 5.23. The van der Waals surface area contributed by atoms with Crippen LogP contribution in [0.4, 0.5) is 4.79 Å². The third kappa shape index (κ3) is 2.29. The summed E-state index contributed by atoms with van der Waals surface area (Å²) in [5, 5.41) is 0. The van der Waals surface area contributed by atoms with E-state index in [1.807, 2.05) is 30.3 Å². The van der Waals surface area contributed by atoms with E-state index in [9.17, 15) is 4.79 Å². The number of rotatable bonds is 3. The molecule has 0 spiro atoms. The lowest BCUT2D eigenvalue weighted by Crippen LogP contribution is -2.45. The van der Waals surface area contributed by atoms with Gasteiger partial charge in [0.2, 0.25) is 0 Å². The van der Waals surface area contributed by atoms with Crippen molar-refractivity contribution in [3.8, 4) is 0 Å². The predicted molar refractivity (Wildman–Crippen MR) is 57.4 cm³/mol. The third-order valence-corrected chi connectivity index (χ3v) is 2.95. The molecule has 15 heavy (non-hydrogen) atoms. The van der Waals surface area contributed by atoms with Crippen LogP contribution in [-0.4, -0.2) is 11.7 Å². The number of nitrogens with two attached hydrogens (primary N) is 1. The Kier molecular flexibility index (Phi) is 2.62. The minimum atomic E-state index is -0.661. The molecule has 1 amide bonds. The summed E-state index contributed by atoms with van der Waals surface area (Å²) in [6.07, 6.45) is 3.07. The third-order valence-electron chi connectivity index (χ3n) is 2.95. The number of amides is 1. The molecule has 2 N–H and O–H groups in total. The molecule has 80 valence electrons. The van der Waals surface area contributed by atoms with Gasteiger partial charge >= 0.3 is 6.09 Å². The van der Waals surface area contributed by atoms with E-state index < -0.39 is 6.09 Å². The van der Waals surface area contributed by atoms with E-state index in [1.54, 1.807) is 0 Å². The molecule has 1 saturated carbocycles. The molecule has 0 atom stereocenters. The second-order valence-electron chi connectivity index (χ2n) is 4.12. The molecule has 0 aliphatic heterocycles. The minimum absolute atomic E-state index is 0.326. The van der Waals surface area contributed by atoms with Gasteiger partial charge in [-0.15, -0.1) is 0 Å². The van der Waals surface area contributed by atoms with Gasteiger partial charge in [-0.2, -0.15) is 0 Å². The van der Waals surface area contributed by atoms with E-state index in [0.717, 1.165) is 25.7 Å². The van der Waals surface area contributed by atoms with Crippen LogP contribution in [0.15, 0.2) is 30.3 Å². The molecule has 0 unspecified atom stereocenters. The van der Waals surface area contributed by atoms with Gasteiger partial charge in [0.05, 0.1) is 0 Å². The molecule has 1 aromatic rings. The summed E-state index contributed by atoms with van der Waals surface area (Å²) in [4.78, 5) is 10.8. The van der Waals surface area contributed by atoms with Gasteiger partial charge in [-0.25, -0.2) is 4.79 Å². The highest BCUT2D eigenvalue weighted by atomic mass is 16.6. The highest BCUT2D eigenvalue weighted by Crippen LogP contribution is 2.38. The second-order valence-corrected chi connectivity index (χ2v) is 4.12. The van der Waals surface area contributed by atoms with Crippen molar-refractivity contribution in [2.24, 2.45) is 5.73 Å². The highest BCUT2D eigenvalue weighted by molar-refractivity contribution is 5.65. The monoisotopic (exact) mass is 205 g/mol. The fourth-order valence-corrected chi connectivity index (χ4v) is 2.07. The highest BCUT2D eigenvalue weighted by Gasteiger charge is 2.40. The lowest BCUT2D eigenvalue weighted by atomic mass is 9.76. The number of hydrogen-bond donors (Lipinski definition) is 1. The minimum Gasteiger partial charge on any atom is -0.443 e. The molecule has 1 fully saturated rings. The molecule has 0 saturated heterocycles. The van der Waals surface area contributed by atoms with Crippen molar-refractivity contribution in [2.75, 3.05) is 0 Å². The lowest BCUT2D eigenvalue weighted by Gasteiger charge is -2.40. The van der Waals surface area contributed by atoms with Crippen molar-refractivity contribution >= 4 is 6.09 Å². The van der Waals surface area contributed by atoms with E-state index in [1.165, 1.54) is 5.56 Å². The maximum atomic E-state index is 10.8. The SMILES string of the molecule is NC(=O)OC1(Cc2ccccc2)CCC1. The summed E-state index contributed by atoms with van der Waals surface area (Å²) in [6, 6.07) is 10.1. The number of hydrogen-bond acceptors (Lipinski definition) is 2. The number of ether oxygens (including phenoxy) is 1. The van der Waals surface area contributed by atoms with Gasteiger partial charge in [-0.1, -0.05) is 30.3 Å². The molecule has 3 heteroatoms. The molecule has 0 bridgehead atoms. The first-order valence-corrected chi connectivity index (χ1v) is 5.23. The largest absolute Gasteiger partial charge is 0.443 e. The van der Waals surface area contributed by atoms with Crippen molar-refractivity contribution < 1.29 is 9.53 Å². The fraction of sp³-hybridized carbons (Fsp3) is 0.417. The van der Waals surface area contributed by atoms with Gasteiger partial charge in [0.25, 0.3) is 0 Å². The molecule has 0 heterocycles. The fourth-order valence-electron chi connectivity index (χ4n) is 2.07. The first-order chi connectivity index (χ1) is 7.20. The normalized spacial score (nSPS) is 17.9. The van der Waals surface area contributed by atoms with Gasteiger partial charge in [-0.3, -0.25) is 0 Å². The summed E-state index contributed by atoms with van der Waals surface area (Å²) in [5.74, 6) is 0. The average Bonchev–Trinajstić information content (AvgIpc) is 2.15. The molecular formula is C12H15NO2. The topological polar surface area (TPSA) is 52.3 Å². The predicted octanol–water partition coefficient (Wildman–Crippen LogP) is 2.25. The lowest BCUT2D eigenvalue weighted by molar-refractivity contribution is -0.0429. The van der Waals surface area contributed by atoms with Crippen LogP contribution in [0.5, 0.6) is 0 Å². The van der Waals surface area contributed by atoms with E-state index in [0.29, 0.717) is 0 Å². The maximum absolute atomic E-state index is 10.8. The quantitative estimate of drug-likeness (QED) is 0.822. The molecule has 1 aliphatic carbocycles. The van der Waals surface area contributed by atoms with Crippen LogP contribution < -0.4 is 5.73 Å². The Labute approximate surface area is 89.2 Å². The standard InChI is InChI=1S/C12H15NO2/c13-11(14)15-12(7-4-8-12)9-10-5-2-1-3-6-10/h1-3,5-6H,4,7-9H2,(H2,13,14). The number of primary amides is 1. The molecule has 1 aliphatic rings. The van der Waals surface area contributed by atoms with E-state index in [4.69, 9.17) is 10.5 Å². The van der Waals surface area contributed by atoms with Crippen molar-refractivity contribution in [3.05, 3.63) is 35.9 Å². The smallest absolute Gasteiger partial charge is 0.405 e. The molecule has 0 radical (unpaired) electrons. The number of carbonyl (C=O) groups is 1. The summed E-state index contributed by atoms with van der Waals surface area (Å²) in [6.45, 7) is 0. The molecular weight excluding hydrogens is 190 g/mol. The molecule has 2 rings (SSSR count). The van der Waals surface area contributed by atoms with Crippen molar-refractivity contribution in [1.82, 2.24) is 0 Å². The van der Waals surface area contributed by atoms with Crippen LogP contribution in [-0.2, 0) is 11.2 Å². The van der Waals surface area contributed by atoms with Crippen molar-refractivity contribution in [2.45, 2.75) is 31.3 Å². The van der Waals surface area contributed by atoms with Crippen LogP contribution in [0.1, 0.15) is 24.8 Å². The van der Waals surface area contributed by atoms with Gasteiger partial charge < -0.3 is 10.5 Å². The van der Waals surface area contributed by atoms with Crippen LogP contribution in [0.3, 0.4) is 0 Å². The Balaban J connectivity index is 2.05. The van der Waals surface area contributed by atoms with Crippen LogP contribution in [0, 0.1) is 0 Å². The maximum Gasteiger partial charge on any atom is 0.405 e. The summed E-state index contributed by atoms with van der Waals surface area (Å²) in [7, 11) is 0. The summed E-state index contributed by atoms with van der Waals surface area (Å²) >= 11 is 0. The molecule has 0 aromatic heterocycles. The van der Waals surface area contributed by atoms with Crippen LogP contribution >= 0.6 is 0 Å². The summed E-state index contributed by atoms with van der Waals surface area (Å²) < 4.78 is 5.22. The second kappa shape index (κ2) is 3.93. The van der Waals surface area contributed by atoms with Crippen molar-refractivity contribution in [3.63, 3.8) is 0 Å². The van der Waals surface area contributed by atoms with Crippen LogP contribution in [0.2, 0.25) is 0 Å². The number of benzene rings is 1. The molecule has 1 aromatic carbocycles.